The quantitative estimate of drug-likeness (QED) is 0.525. The number of hydrogen-bond donors (Lipinski definition) is 0. The molecule has 0 aliphatic heterocycles. The predicted molar refractivity (Wildman–Crippen MR) is 78.3 cm³/mol. The van der Waals surface area contributed by atoms with Crippen molar-refractivity contribution in [2.24, 2.45) is 0 Å². The number of hydrogen-bond acceptors (Lipinski definition) is 1. The van der Waals surface area contributed by atoms with Crippen molar-refractivity contribution < 1.29 is 13.2 Å². The lowest BCUT2D eigenvalue weighted by Gasteiger charge is -2.23. The van der Waals surface area contributed by atoms with E-state index in [4.69, 9.17) is 4.43 Å². The van der Waals surface area contributed by atoms with E-state index in [1.165, 1.54) is 12.1 Å². The van der Waals surface area contributed by atoms with Crippen LogP contribution >= 0.6 is 0 Å². The summed E-state index contributed by atoms with van der Waals surface area (Å²) in [6.45, 7) is 4.24. The van der Waals surface area contributed by atoms with Crippen LogP contribution in [-0.4, -0.2) is 16.1 Å². The first kappa shape index (κ1) is 16.3. The summed E-state index contributed by atoms with van der Waals surface area (Å²) < 4.78 is 31.5. The standard InChI is InChI=1S/C15H24F2OSi/c1-15(2,18-19)8-6-4-3-5-7-12-9-13(16)11-14(17)10-12/h9-11H,3-8H2,1-2,19H3. The van der Waals surface area contributed by atoms with Crippen LogP contribution < -0.4 is 0 Å². The van der Waals surface area contributed by atoms with Gasteiger partial charge in [0.05, 0.1) is 0 Å². The Labute approximate surface area is 117 Å². The zero-order valence-corrected chi connectivity index (χ0v) is 14.1. The van der Waals surface area contributed by atoms with Crippen molar-refractivity contribution in [2.45, 2.75) is 58.0 Å². The molecule has 0 atom stereocenters. The zero-order chi connectivity index (χ0) is 14.3. The highest BCUT2D eigenvalue weighted by atomic mass is 28.2. The van der Waals surface area contributed by atoms with Crippen LogP contribution in [-0.2, 0) is 10.8 Å². The zero-order valence-electron chi connectivity index (χ0n) is 12.1. The molecule has 0 saturated carbocycles. The molecule has 0 aliphatic carbocycles. The fourth-order valence-corrected chi connectivity index (χ4v) is 2.29. The molecule has 0 heterocycles. The van der Waals surface area contributed by atoms with Gasteiger partial charge >= 0.3 is 0 Å². The van der Waals surface area contributed by atoms with Crippen molar-refractivity contribution in [2.75, 3.05) is 0 Å². The van der Waals surface area contributed by atoms with E-state index in [0.29, 0.717) is 0 Å². The average molecular weight is 286 g/mol. The van der Waals surface area contributed by atoms with E-state index in [-0.39, 0.29) is 5.60 Å². The van der Waals surface area contributed by atoms with E-state index in [1.807, 2.05) is 0 Å². The van der Waals surface area contributed by atoms with Crippen molar-refractivity contribution in [1.82, 2.24) is 0 Å². The van der Waals surface area contributed by atoms with Gasteiger partial charge in [0.1, 0.15) is 22.1 Å². The third-order valence-corrected chi connectivity index (χ3v) is 4.57. The first-order valence-electron chi connectivity index (χ1n) is 6.93. The van der Waals surface area contributed by atoms with Crippen molar-refractivity contribution >= 4 is 10.5 Å². The van der Waals surface area contributed by atoms with Gasteiger partial charge in [-0.3, -0.25) is 0 Å². The van der Waals surface area contributed by atoms with Crippen LogP contribution in [0.2, 0.25) is 0 Å². The number of halogens is 2. The molecule has 19 heavy (non-hydrogen) atoms. The first-order valence-corrected chi connectivity index (χ1v) is 7.75. The Kier molecular flexibility index (Phi) is 6.65. The lowest BCUT2D eigenvalue weighted by Crippen LogP contribution is -2.22. The van der Waals surface area contributed by atoms with E-state index >= 15 is 0 Å². The van der Waals surface area contributed by atoms with Crippen molar-refractivity contribution in [3.63, 3.8) is 0 Å². The summed E-state index contributed by atoms with van der Waals surface area (Å²) in [5.74, 6) is -0.970. The molecule has 108 valence electrons. The minimum Gasteiger partial charge on any atom is -0.423 e. The maximum Gasteiger partial charge on any atom is 0.146 e. The summed E-state index contributed by atoms with van der Waals surface area (Å²) in [6, 6.07) is 3.75. The van der Waals surface area contributed by atoms with Gasteiger partial charge < -0.3 is 4.43 Å². The monoisotopic (exact) mass is 286 g/mol. The third kappa shape index (κ3) is 6.83. The molecule has 0 radical (unpaired) electrons. The first-order chi connectivity index (χ1) is 8.93. The van der Waals surface area contributed by atoms with Gasteiger partial charge in [-0.05, 0) is 50.8 Å². The topological polar surface area (TPSA) is 9.23 Å². The maximum atomic E-state index is 13.0. The van der Waals surface area contributed by atoms with Gasteiger partial charge in [-0.2, -0.15) is 0 Å². The summed E-state index contributed by atoms with van der Waals surface area (Å²) in [4.78, 5) is 0. The van der Waals surface area contributed by atoms with Gasteiger partial charge in [0.25, 0.3) is 0 Å². The second-order valence-corrected chi connectivity index (χ2v) is 6.06. The second-order valence-electron chi connectivity index (χ2n) is 5.66. The third-order valence-electron chi connectivity index (χ3n) is 3.47. The fourth-order valence-electron chi connectivity index (χ4n) is 2.09. The summed E-state index contributed by atoms with van der Waals surface area (Å²) in [5.41, 5.74) is 0.762. The van der Waals surface area contributed by atoms with Gasteiger partial charge in [0.2, 0.25) is 0 Å². The van der Waals surface area contributed by atoms with Crippen LogP contribution in [0.25, 0.3) is 0 Å². The Morgan fingerprint density at radius 1 is 1.00 bits per heavy atom. The fraction of sp³-hybridized carbons (Fsp3) is 0.600. The lowest BCUT2D eigenvalue weighted by molar-refractivity contribution is 0.109. The van der Waals surface area contributed by atoms with E-state index < -0.39 is 11.6 Å². The van der Waals surface area contributed by atoms with E-state index in [0.717, 1.165) is 60.6 Å². The Morgan fingerprint density at radius 2 is 1.58 bits per heavy atom. The van der Waals surface area contributed by atoms with E-state index in [1.54, 1.807) is 0 Å². The number of unbranched alkanes of at least 4 members (excludes halogenated alkanes) is 3. The maximum absolute atomic E-state index is 13.0. The molecule has 0 unspecified atom stereocenters. The SMILES string of the molecule is CC(C)(CCCCCCc1cc(F)cc(F)c1)O[SiH3]. The summed E-state index contributed by atoms with van der Waals surface area (Å²) in [7, 11) is 0.777. The van der Waals surface area contributed by atoms with E-state index in [2.05, 4.69) is 13.8 Å². The summed E-state index contributed by atoms with van der Waals surface area (Å²) in [5, 5.41) is 0. The van der Waals surface area contributed by atoms with Crippen LogP contribution in [0.4, 0.5) is 8.78 Å². The molecule has 0 spiro atoms. The molecule has 1 rings (SSSR count). The Morgan fingerprint density at radius 3 is 2.16 bits per heavy atom. The molecule has 0 bridgehead atoms. The van der Waals surface area contributed by atoms with Gasteiger partial charge in [-0.25, -0.2) is 8.78 Å². The van der Waals surface area contributed by atoms with Crippen molar-refractivity contribution in [3.8, 4) is 0 Å². The van der Waals surface area contributed by atoms with Gasteiger partial charge in [0, 0.05) is 11.7 Å². The molecule has 0 amide bonds. The predicted octanol–water partition coefficient (Wildman–Crippen LogP) is 3.53. The molecule has 1 nitrogen and oxygen atoms in total. The van der Waals surface area contributed by atoms with Crippen LogP contribution in [0.3, 0.4) is 0 Å². The molecule has 0 aromatic heterocycles. The molecular weight excluding hydrogens is 262 g/mol. The van der Waals surface area contributed by atoms with Gasteiger partial charge in [-0.15, -0.1) is 0 Å². The minimum atomic E-state index is -0.485. The van der Waals surface area contributed by atoms with Gasteiger partial charge in [-0.1, -0.05) is 19.3 Å². The van der Waals surface area contributed by atoms with Crippen LogP contribution in [0, 0.1) is 11.6 Å². The lowest BCUT2D eigenvalue weighted by atomic mass is 9.99. The molecule has 0 saturated heterocycles. The normalized spacial score (nSPS) is 12.0. The van der Waals surface area contributed by atoms with Gasteiger partial charge in [0.15, 0.2) is 0 Å². The highest BCUT2D eigenvalue weighted by Gasteiger charge is 2.14. The van der Waals surface area contributed by atoms with Crippen molar-refractivity contribution in [3.05, 3.63) is 35.4 Å². The molecule has 0 N–H and O–H groups in total. The van der Waals surface area contributed by atoms with Crippen LogP contribution in [0.5, 0.6) is 0 Å². The highest BCUT2D eigenvalue weighted by molar-refractivity contribution is 5.98. The Balaban J connectivity index is 2.17. The largest absolute Gasteiger partial charge is 0.423 e. The van der Waals surface area contributed by atoms with Crippen LogP contribution in [0.1, 0.15) is 51.5 Å². The molecule has 4 heteroatoms. The second kappa shape index (κ2) is 7.75. The van der Waals surface area contributed by atoms with Crippen LogP contribution in [0.15, 0.2) is 18.2 Å². The average Bonchev–Trinajstić information content (AvgIpc) is 2.32. The summed E-state index contributed by atoms with van der Waals surface area (Å²) in [6.07, 6.45) is 6.18. The highest BCUT2D eigenvalue weighted by Crippen LogP contribution is 2.18. The summed E-state index contributed by atoms with van der Waals surface area (Å²) >= 11 is 0. The number of benzene rings is 1. The van der Waals surface area contributed by atoms with Crippen molar-refractivity contribution in [1.29, 1.82) is 0 Å². The van der Waals surface area contributed by atoms with E-state index in [9.17, 15) is 8.78 Å². The number of aryl methyl sites for hydroxylation is 1. The molecule has 1 aromatic rings. The molecular formula is C15H24F2OSi. The molecule has 0 aliphatic rings. The Hall–Kier alpha value is -0.743. The number of rotatable bonds is 8. The Bertz CT molecular complexity index is 373. The molecule has 1 aromatic carbocycles. The minimum absolute atomic E-state index is 0.0118. The molecule has 0 fully saturated rings. The smallest absolute Gasteiger partial charge is 0.146 e.